The molecule has 6 heteroatoms. The Kier molecular flexibility index (Phi) is 8.15. The molecule has 0 aromatic heterocycles. The molecule has 1 atom stereocenters. The fraction of sp³-hybridized carbons (Fsp3) is 0.261. The third-order valence-electron chi connectivity index (χ3n) is 4.40. The van der Waals surface area contributed by atoms with Gasteiger partial charge in [-0.2, -0.15) is 0 Å². The highest BCUT2D eigenvalue weighted by atomic mass is 16.2. The van der Waals surface area contributed by atoms with E-state index in [0.717, 1.165) is 17.5 Å². The van der Waals surface area contributed by atoms with Crippen molar-refractivity contribution in [1.82, 2.24) is 10.6 Å². The van der Waals surface area contributed by atoms with E-state index in [1.165, 1.54) is 6.08 Å². The molecule has 0 aliphatic heterocycles. The molecule has 0 spiro atoms. The smallest absolute Gasteiger partial charge is 0.251 e. The van der Waals surface area contributed by atoms with Crippen LogP contribution >= 0.6 is 0 Å². The monoisotopic (exact) mass is 393 g/mol. The molecule has 0 fully saturated rings. The Morgan fingerprint density at radius 2 is 1.79 bits per heavy atom. The molecule has 2 aromatic carbocycles. The lowest BCUT2D eigenvalue weighted by Gasteiger charge is -2.13. The van der Waals surface area contributed by atoms with Gasteiger partial charge >= 0.3 is 0 Å². The van der Waals surface area contributed by atoms with Gasteiger partial charge in [0, 0.05) is 23.4 Å². The van der Waals surface area contributed by atoms with Crippen molar-refractivity contribution in [1.29, 1.82) is 0 Å². The van der Waals surface area contributed by atoms with E-state index in [-0.39, 0.29) is 30.3 Å². The lowest BCUT2D eigenvalue weighted by molar-refractivity contribution is -0.121. The van der Waals surface area contributed by atoms with Crippen molar-refractivity contribution in [2.75, 3.05) is 11.9 Å². The van der Waals surface area contributed by atoms with Gasteiger partial charge in [-0.1, -0.05) is 37.3 Å². The van der Waals surface area contributed by atoms with Crippen LogP contribution in [0.4, 0.5) is 5.69 Å². The molecule has 1 unspecified atom stereocenters. The van der Waals surface area contributed by atoms with Crippen LogP contribution in [0, 0.1) is 6.92 Å². The molecule has 3 amide bonds. The highest BCUT2D eigenvalue weighted by Crippen LogP contribution is 2.16. The van der Waals surface area contributed by atoms with Crippen molar-refractivity contribution in [3.63, 3.8) is 0 Å². The van der Waals surface area contributed by atoms with Crippen LogP contribution < -0.4 is 16.0 Å². The molecule has 0 aliphatic rings. The van der Waals surface area contributed by atoms with Crippen molar-refractivity contribution in [2.24, 2.45) is 0 Å². The summed E-state index contributed by atoms with van der Waals surface area (Å²) < 4.78 is 0. The number of carbonyl (C=O) groups excluding carboxylic acids is 3. The van der Waals surface area contributed by atoms with Crippen molar-refractivity contribution in [2.45, 2.75) is 33.2 Å². The molecular formula is C23H27N3O3. The molecule has 6 nitrogen and oxygen atoms in total. The maximum atomic E-state index is 12.2. The fourth-order valence-corrected chi connectivity index (χ4v) is 2.51. The maximum Gasteiger partial charge on any atom is 0.251 e. The molecule has 0 heterocycles. The number of aryl methyl sites for hydroxylation is 1. The highest BCUT2D eigenvalue weighted by Gasteiger charge is 2.11. The predicted molar refractivity (Wildman–Crippen MR) is 116 cm³/mol. The second-order valence-electron chi connectivity index (χ2n) is 6.82. The highest BCUT2D eigenvalue weighted by molar-refractivity contribution is 5.99. The van der Waals surface area contributed by atoms with E-state index in [0.29, 0.717) is 11.3 Å². The van der Waals surface area contributed by atoms with Crippen LogP contribution in [0.1, 0.15) is 41.8 Å². The summed E-state index contributed by atoms with van der Waals surface area (Å²) in [4.78, 5) is 36.2. The average Bonchev–Trinajstić information content (AvgIpc) is 2.72. The van der Waals surface area contributed by atoms with Gasteiger partial charge in [-0.25, -0.2) is 0 Å². The van der Waals surface area contributed by atoms with Crippen LogP contribution in [0.3, 0.4) is 0 Å². The zero-order valence-corrected chi connectivity index (χ0v) is 17.0. The second-order valence-corrected chi connectivity index (χ2v) is 6.82. The van der Waals surface area contributed by atoms with E-state index in [1.807, 2.05) is 51.1 Å². The summed E-state index contributed by atoms with van der Waals surface area (Å²) in [6, 6.07) is 14.6. The van der Waals surface area contributed by atoms with E-state index >= 15 is 0 Å². The molecule has 152 valence electrons. The van der Waals surface area contributed by atoms with Gasteiger partial charge in [0.05, 0.1) is 6.54 Å². The summed E-state index contributed by atoms with van der Waals surface area (Å²) in [5.74, 6) is -0.832. The van der Waals surface area contributed by atoms with E-state index in [4.69, 9.17) is 0 Å². The molecular weight excluding hydrogens is 366 g/mol. The average molecular weight is 393 g/mol. The van der Waals surface area contributed by atoms with Crippen LogP contribution in [0.5, 0.6) is 0 Å². The SMILES string of the molecule is CCC(C)NC(=O)c1ccc(NC(=O)CNC(=O)/C=C/c2ccccc2)c(C)c1. The van der Waals surface area contributed by atoms with Gasteiger partial charge in [-0.15, -0.1) is 0 Å². The third kappa shape index (κ3) is 7.25. The quantitative estimate of drug-likeness (QED) is 0.602. The molecule has 0 saturated carbocycles. The van der Waals surface area contributed by atoms with Crippen molar-refractivity contribution in [3.8, 4) is 0 Å². The molecule has 2 rings (SSSR count). The predicted octanol–water partition coefficient (Wildman–Crippen LogP) is 3.29. The van der Waals surface area contributed by atoms with Crippen LogP contribution in [-0.4, -0.2) is 30.3 Å². The number of amides is 3. The molecule has 0 bridgehead atoms. The van der Waals surface area contributed by atoms with Crippen molar-refractivity contribution in [3.05, 3.63) is 71.3 Å². The lowest BCUT2D eigenvalue weighted by atomic mass is 10.1. The summed E-state index contributed by atoms with van der Waals surface area (Å²) >= 11 is 0. The Morgan fingerprint density at radius 1 is 1.07 bits per heavy atom. The first-order valence-corrected chi connectivity index (χ1v) is 9.61. The molecule has 29 heavy (non-hydrogen) atoms. The minimum atomic E-state index is -0.349. The number of anilines is 1. The Labute approximate surface area is 171 Å². The number of benzene rings is 2. The maximum absolute atomic E-state index is 12.2. The van der Waals surface area contributed by atoms with Gasteiger partial charge in [0.2, 0.25) is 11.8 Å². The Morgan fingerprint density at radius 3 is 2.45 bits per heavy atom. The summed E-state index contributed by atoms with van der Waals surface area (Å²) in [6.07, 6.45) is 3.92. The summed E-state index contributed by atoms with van der Waals surface area (Å²) in [5.41, 5.74) is 2.81. The topological polar surface area (TPSA) is 87.3 Å². The Hall–Kier alpha value is -3.41. The standard InChI is InChI=1S/C23H27N3O3/c1-4-17(3)25-23(29)19-11-12-20(16(2)14-19)26-22(28)15-24-21(27)13-10-18-8-6-5-7-9-18/h5-14,17H,4,15H2,1-3H3,(H,24,27)(H,25,29)(H,26,28)/b13-10+. The van der Waals surface area contributed by atoms with Crippen molar-refractivity contribution >= 4 is 29.5 Å². The van der Waals surface area contributed by atoms with E-state index in [2.05, 4.69) is 16.0 Å². The summed E-state index contributed by atoms with van der Waals surface area (Å²) in [6.45, 7) is 5.62. The largest absolute Gasteiger partial charge is 0.350 e. The summed E-state index contributed by atoms with van der Waals surface area (Å²) in [5, 5.41) is 8.21. The Bertz CT molecular complexity index is 891. The van der Waals surface area contributed by atoms with Gasteiger partial charge < -0.3 is 16.0 Å². The van der Waals surface area contributed by atoms with E-state index in [1.54, 1.807) is 24.3 Å². The minimum absolute atomic E-state index is 0.0988. The third-order valence-corrected chi connectivity index (χ3v) is 4.40. The fourth-order valence-electron chi connectivity index (χ4n) is 2.51. The van der Waals surface area contributed by atoms with Crippen LogP contribution in [-0.2, 0) is 9.59 Å². The van der Waals surface area contributed by atoms with E-state index in [9.17, 15) is 14.4 Å². The number of carbonyl (C=O) groups is 3. The normalized spacial score (nSPS) is 11.7. The van der Waals surface area contributed by atoms with Crippen molar-refractivity contribution < 1.29 is 14.4 Å². The van der Waals surface area contributed by atoms with Gasteiger partial charge in [0.1, 0.15) is 0 Å². The lowest BCUT2D eigenvalue weighted by Crippen LogP contribution is -2.32. The Balaban J connectivity index is 1.86. The second kappa shape index (κ2) is 10.8. The van der Waals surface area contributed by atoms with E-state index < -0.39 is 0 Å². The van der Waals surface area contributed by atoms with Crippen LogP contribution in [0.25, 0.3) is 6.08 Å². The first-order valence-electron chi connectivity index (χ1n) is 9.61. The molecule has 2 aromatic rings. The number of nitrogens with one attached hydrogen (secondary N) is 3. The van der Waals surface area contributed by atoms with Gasteiger partial charge in [0.15, 0.2) is 0 Å². The molecule has 0 aliphatic carbocycles. The molecule has 3 N–H and O–H groups in total. The first kappa shape index (κ1) is 21.9. The van der Waals surface area contributed by atoms with Gasteiger partial charge in [-0.3, -0.25) is 14.4 Å². The van der Waals surface area contributed by atoms with Gasteiger partial charge in [0.25, 0.3) is 5.91 Å². The number of hydrogen-bond acceptors (Lipinski definition) is 3. The van der Waals surface area contributed by atoms with Gasteiger partial charge in [-0.05, 0) is 55.7 Å². The number of rotatable bonds is 8. The zero-order valence-electron chi connectivity index (χ0n) is 17.0. The van der Waals surface area contributed by atoms with Crippen LogP contribution in [0.15, 0.2) is 54.6 Å². The minimum Gasteiger partial charge on any atom is -0.350 e. The summed E-state index contributed by atoms with van der Waals surface area (Å²) in [7, 11) is 0. The number of hydrogen-bond donors (Lipinski definition) is 3. The zero-order chi connectivity index (χ0) is 21.2. The first-order chi connectivity index (χ1) is 13.9. The molecule has 0 saturated heterocycles. The molecule has 0 radical (unpaired) electrons. The van der Waals surface area contributed by atoms with Crippen LogP contribution in [0.2, 0.25) is 0 Å².